The molecule has 0 rings (SSSR count). The zero-order chi connectivity index (χ0) is 0. The van der Waals surface area contributed by atoms with Crippen LogP contribution in [0.4, 0.5) is 0 Å². The van der Waals surface area contributed by atoms with Crippen molar-refractivity contribution < 1.29 is 0 Å². The second-order valence-corrected chi connectivity index (χ2v) is 0. The van der Waals surface area contributed by atoms with Crippen molar-refractivity contribution in [2.75, 3.05) is 0 Å². The molecule has 0 unspecified atom stereocenters. The van der Waals surface area contributed by atoms with Gasteiger partial charge >= 0.3 is 7.43 Å². The Balaban J connectivity index is 0. The summed E-state index contributed by atoms with van der Waals surface area (Å²) in [7, 11) is 0. The Morgan fingerprint density at radius 1 is 0.400 bits per heavy atom. The SMILES string of the molecule is [C+4].[CH3-].[CH3-].[CH3-].[CH3-]. The minimum Gasteiger partial charge on any atom is -0.358 e. The predicted octanol–water partition coefficient (Wildman–Crippen LogP) is 1.88. The van der Waals surface area contributed by atoms with Crippen LogP contribution < -0.4 is 0 Å². The van der Waals surface area contributed by atoms with E-state index in [0.29, 0.717) is 0 Å². The molecule has 5 heavy (non-hydrogen) atoms. The normalized spacial score (nSPS) is 0. The largest absolute Gasteiger partial charge is 4.00 e. The van der Waals surface area contributed by atoms with E-state index in [1.165, 1.54) is 0 Å². The zero-order valence-corrected chi connectivity index (χ0v) is 4.50. The van der Waals surface area contributed by atoms with E-state index < -0.39 is 0 Å². The molecule has 0 aromatic heterocycles. The predicted molar refractivity (Wildman–Crippen MR) is 28.9 cm³/mol. The number of rotatable bonds is 0. The van der Waals surface area contributed by atoms with Crippen LogP contribution in [0.15, 0.2) is 0 Å². The Bertz CT molecular complexity index is 0. The molecule has 0 saturated carbocycles. The summed E-state index contributed by atoms with van der Waals surface area (Å²) < 4.78 is 0. The van der Waals surface area contributed by atoms with Crippen LogP contribution in [0.5, 0.6) is 0 Å². The van der Waals surface area contributed by atoms with Gasteiger partial charge in [-0.05, 0) is 0 Å². The van der Waals surface area contributed by atoms with Gasteiger partial charge in [0.15, 0.2) is 0 Å². The first-order valence-corrected chi connectivity index (χ1v) is 0. The van der Waals surface area contributed by atoms with Gasteiger partial charge in [-0.1, -0.05) is 0 Å². The van der Waals surface area contributed by atoms with Crippen LogP contribution in [-0.2, 0) is 0 Å². The maximum atomic E-state index is 0. The third-order valence-electron chi connectivity index (χ3n) is 0. The first kappa shape index (κ1) is 0. The molecule has 0 aliphatic heterocycles. The zero-order valence-electron chi connectivity index (χ0n) is 4.50. The third kappa shape index (κ3) is 0. The van der Waals surface area contributed by atoms with Crippen molar-refractivity contribution in [2.24, 2.45) is 0 Å². The molecule has 0 aromatic rings. The monoisotopic (exact) mass is 72.1 g/mol. The van der Waals surface area contributed by atoms with Crippen LogP contribution >= 0.6 is 0 Å². The molecule has 0 amide bonds. The smallest absolute Gasteiger partial charge is 0.358 e. The molecule has 0 aliphatic carbocycles. The van der Waals surface area contributed by atoms with E-state index in [2.05, 4.69) is 0 Å². The van der Waals surface area contributed by atoms with Crippen molar-refractivity contribution in [2.45, 2.75) is 0 Å². The van der Waals surface area contributed by atoms with Gasteiger partial charge in [0.25, 0.3) is 0 Å². The topological polar surface area (TPSA) is 0 Å². The van der Waals surface area contributed by atoms with Crippen LogP contribution in [0, 0.1) is 37.1 Å². The fraction of sp³-hybridized carbons (Fsp3) is 0. The molecule has 0 aromatic carbocycles. The van der Waals surface area contributed by atoms with E-state index >= 15 is 0 Å². The molecular formula is C5H12. The van der Waals surface area contributed by atoms with Gasteiger partial charge in [-0.2, -0.15) is 0 Å². The van der Waals surface area contributed by atoms with Gasteiger partial charge in [-0.25, -0.2) is 0 Å². The third-order valence-corrected chi connectivity index (χ3v) is 0. The van der Waals surface area contributed by atoms with Crippen molar-refractivity contribution >= 4 is 0 Å². The summed E-state index contributed by atoms with van der Waals surface area (Å²) in [5.41, 5.74) is 0. The standard InChI is InChI=1S/4CH3.C/h4*1H3;/q4*-1;+4. The van der Waals surface area contributed by atoms with Crippen molar-refractivity contribution in [3.8, 4) is 0 Å². The summed E-state index contributed by atoms with van der Waals surface area (Å²) in [6, 6.07) is 0. The first-order chi connectivity index (χ1) is 0. The molecule has 0 fully saturated rings. The van der Waals surface area contributed by atoms with Gasteiger partial charge < -0.3 is 29.7 Å². The molecule has 0 atom stereocenters. The van der Waals surface area contributed by atoms with Gasteiger partial charge in [0.05, 0.1) is 0 Å². The van der Waals surface area contributed by atoms with E-state index in [0.717, 1.165) is 0 Å². The van der Waals surface area contributed by atoms with Gasteiger partial charge in [-0.3, -0.25) is 0 Å². The molecule has 0 radical (unpaired) electrons. The Hall–Kier alpha value is 0. The molecular weight excluding hydrogens is 60.1 g/mol. The van der Waals surface area contributed by atoms with E-state index in [9.17, 15) is 0 Å². The Kier molecular flexibility index (Phi) is 0. The molecule has 0 heteroatoms. The van der Waals surface area contributed by atoms with Gasteiger partial charge in [0.2, 0.25) is 0 Å². The molecule has 0 nitrogen and oxygen atoms in total. The van der Waals surface area contributed by atoms with Gasteiger partial charge in [0.1, 0.15) is 0 Å². The second kappa shape index (κ2) is 0. The van der Waals surface area contributed by atoms with Crippen LogP contribution in [0.3, 0.4) is 0 Å². The van der Waals surface area contributed by atoms with Gasteiger partial charge in [-0.15, -0.1) is 0 Å². The second-order valence-electron chi connectivity index (χ2n) is 0. The Morgan fingerprint density at radius 2 is 0.400 bits per heavy atom. The van der Waals surface area contributed by atoms with E-state index in [1.807, 2.05) is 0 Å². The summed E-state index contributed by atoms with van der Waals surface area (Å²) >= 11 is 0. The first-order valence-electron chi connectivity index (χ1n) is 0. The van der Waals surface area contributed by atoms with Crippen LogP contribution in [-0.4, -0.2) is 0 Å². The van der Waals surface area contributed by atoms with Crippen molar-refractivity contribution in [3.63, 3.8) is 0 Å². The summed E-state index contributed by atoms with van der Waals surface area (Å²) in [5, 5.41) is 0. The number of hydrogen-bond acceptors (Lipinski definition) is 0. The van der Waals surface area contributed by atoms with E-state index in [4.69, 9.17) is 0 Å². The van der Waals surface area contributed by atoms with Crippen LogP contribution in [0.2, 0.25) is 0 Å². The Labute approximate surface area is 38.2 Å². The fourth-order valence-corrected chi connectivity index (χ4v) is 0. The summed E-state index contributed by atoms with van der Waals surface area (Å²) in [5.74, 6) is 0. The summed E-state index contributed by atoms with van der Waals surface area (Å²) in [4.78, 5) is 0. The molecule has 0 spiro atoms. The summed E-state index contributed by atoms with van der Waals surface area (Å²) in [6.07, 6.45) is 0. The van der Waals surface area contributed by atoms with Crippen molar-refractivity contribution in [1.29, 1.82) is 0 Å². The molecule has 32 valence electrons. The fourth-order valence-electron chi connectivity index (χ4n) is 0. The Morgan fingerprint density at radius 3 is 0.400 bits per heavy atom. The maximum Gasteiger partial charge on any atom is 4.00 e. The molecule has 0 aliphatic rings. The number of hydrogen-bond donors (Lipinski definition) is 0. The average molecular weight is 72.2 g/mol. The van der Waals surface area contributed by atoms with Crippen LogP contribution in [0.25, 0.3) is 0 Å². The maximum absolute atomic E-state index is 0. The van der Waals surface area contributed by atoms with Crippen molar-refractivity contribution in [3.05, 3.63) is 37.1 Å². The molecule has 0 heterocycles. The average Bonchev–Trinajstić information content (AvgIpc) is 0. The minimum absolute atomic E-state index is 0. The molecule has 0 N–H and O–H groups in total. The van der Waals surface area contributed by atoms with Gasteiger partial charge in [0, 0.05) is 0 Å². The van der Waals surface area contributed by atoms with Crippen molar-refractivity contribution in [1.82, 2.24) is 0 Å². The summed E-state index contributed by atoms with van der Waals surface area (Å²) in [6.45, 7) is 0. The van der Waals surface area contributed by atoms with Crippen LogP contribution in [0.1, 0.15) is 0 Å². The van der Waals surface area contributed by atoms with E-state index in [1.54, 1.807) is 0 Å². The molecule has 0 saturated heterocycles. The van der Waals surface area contributed by atoms with E-state index in [-0.39, 0.29) is 37.1 Å². The quantitative estimate of drug-likeness (QED) is 0.383. The minimum atomic E-state index is 0. The molecule has 0 bridgehead atoms.